The first kappa shape index (κ1) is 15.5. The Hall–Kier alpha value is -0.580. The number of nitrogens with one attached hydrogen (secondary N) is 1. The number of para-hydroxylation sites is 1. The third-order valence-corrected chi connectivity index (χ3v) is 3.07. The Morgan fingerprint density at radius 1 is 1.28 bits per heavy atom. The van der Waals surface area contributed by atoms with Gasteiger partial charge in [-0.05, 0) is 34.5 Å². The van der Waals surface area contributed by atoms with Crippen LogP contribution in [0.15, 0.2) is 22.7 Å². The average Bonchev–Trinajstić information content (AvgIpc) is 2.32. The van der Waals surface area contributed by atoms with Crippen molar-refractivity contribution in [2.45, 2.75) is 20.4 Å². The van der Waals surface area contributed by atoms with Crippen LogP contribution in [0.1, 0.15) is 19.4 Å². The van der Waals surface area contributed by atoms with Crippen LogP contribution in [0.25, 0.3) is 0 Å². The quantitative estimate of drug-likeness (QED) is 0.747. The number of halogens is 1. The predicted octanol–water partition coefficient (Wildman–Crippen LogP) is 3.22. The van der Waals surface area contributed by atoms with Crippen molar-refractivity contribution in [2.75, 3.05) is 26.9 Å². The van der Waals surface area contributed by atoms with Crippen molar-refractivity contribution < 1.29 is 9.47 Å². The molecule has 1 aromatic rings. The van der Waals surface area contributed by atoms with Crippen molar-refractivity contribution in [3.05, 3.63) is 28.2 Å². The molecule has 0 atom stereocenters. The van der Waals surface area contributed by atoms with Crippen molar-refractivity contribution in [3.63, 3.8) is 0 Å². The molecule has 1 N–H and O–H groups in total. The zero-order valence-corrected chi connectivity index (χ0v) is 12.9. The molecule has 3 nitrogen and oxygen atoms in total. The van der Waals surface area contributed by atoms with Gasteiger partial charge in [-0.1, -0.05) is 26.0 Å². The van der Waals surface area contributed by atoms with Gasteiger partial charge in [0.15, 0.2) is 0 Å². The molecule has 102 valence electrons. The van der Waals surface area contributed by atoms with Gasteiger partial charge in [-0.2, -0.15) is 0 Å². The zero-order valence-electron chi connectivity index (χ0n) is 11.3. The molecule has 1 aromatic carbocycles. The number of hydrogen-bond donors (Lipinski definition) is 1. The fraction of sp³-hybridized carbons (Fsp3) is 0.571. The molecule has 0 heterocycles. The van der Waals surface area contributed by atoms with E-state index in [2.05, 4.69) is 41.2 Å². The minimum absolute atomic E-state index is 0.566. The van der Waals surface area contributed by atoms with E-state index in [4.69, 9.17) is 9.47 Å². The summed E-state index contributed by atoms with van der Waals surface area (Å²) >= 11 is 3.53. The van der Waals surface area contributed by atoms with Gasteiger partial charge in [0.1, 0.15) is 12.4 Å². The first-order chi connectivity index (χ1) is 8.65. The largest absolute Gasteiger partial charge is 0.490 e. The van der Waals surface area contributed by atoms with Crippen molar-refractivity contribution in [3.8, 4) is 5.75 Å². The Balaban J connectivity index is 2.61. The molecule has 0 bridgehead atoms. The molecule has 18 heavy (non-hydrogen) atoms. The van der Waals surface area contributed by atoms with Gasteiger partial charge in [0, 0.05) is 19.2 Å². The Kier molecular flexibility index (Phi) is 7.32. The lowest BCUT2D eigenvalue weighted by molar-refractivity contribution is 0.145. The van der Waals surface area contributed by atoms with Crippen LogP contribution >= 0.6 is 15.9 Å². The maximum absolute atomic E-state index is 5.75. The maximum Gasteiger partial charge on any atom is 0.138 e. The Morgan fingerprint density at radius 2 is 2.06 bits per heavy atom. The van der Waals surface area contributed by atoms with Crippen molar-refractivity contribution in [1.82, 2.24) is 5.32 Å². The van der Waals surface area contributed by atoms with E-state index in [1.54, 1.807) is 7.11 Å². The molecule has 0 saturated heterocycles. The summed E-state index contributed by atoms with van der Waals surface area (Å²) in [5.41, 5.74) is 1.17. The van der Waals surface area contributed by atoms with Crippen LogP contribution in [0, 0.1) is 5.92 Å². The standard InChI is InChI=1S/C14H22BrNO2/c1-11(2)9-16-10-12-5-4-6-13(15)14(12)18-8-7-17-3/h4-6,11,16H,7-10H2,1-3H3. The fourth-order valence-electron chi connectivity index (χ4n) is 1.58. The summed E-state index contributed by atoms with van der Waals surface area (Å²) in [6.45, 7) is 7.38. The highest BCUT2D eigenvalue weighted by Crippen LogP contribution is 2.29. The van der Waals surface area contributed by atoms with Crippen LogP contribution in [-0.4, -0.2) is 26.9 Å². The highest BCUT2D eigenvalue weighted by atomic mass is 79.9. The lowest BCUT2D eigenvalue weighted by atomic mass is 10.2. The van der Waals surface area contributed by atoms with Gasteiger partial charge in [-0.25, -0.2) is 0 Å². The topological polar surface area (TPSA) is 30.5 Å². The van der Waals surface area contributed by atoms with Crippen LogP contribution < -0.4 is 10.1 Å². The second-order valence-corrected chi connectivity index (χ2v) is 5.45. The normalized spacial score (nSPS) is 10.9. The van der Waals surface area contributed by atoms with Crippen LogP contribution in [-0.2, 0) is 11.3 Å². The fourth-order valence-corrected chi connectivity index (χ4v) is 2.10. The van der Waals surface area contributed by atoms with Crippen molar-refractivity contribution >= 4 is 15.9 Å². The van der Waals surface area contributed by atoms with Crippen LogP contribution in [0.5, 0.6) is 5.75 Å². The molecule has 0 amide bonds. The summed E-state index contributed by atoms with van der Waals surface area (Å²) in [7, 11) is 1.68. The minimum atomic E-state index is 0.566. The van der Waals surface area contributed by atoms with Crippen LogP contribution in [0.2, 0.25) is 0 Å². The molecule has 0 aromatic heterocycles. The second kappa shape index (κ2) is 8.51. The molecule has 0 unspecified atom stereocenters. The maximum atomic E-state index is 5.75. The molecule has 4 heteroatoms. The van der Waals surface area contributed by atoms with E-state index in [1.807, 2.05) is 12.1 Å². The van der Waals surface area contributed by atoms with Gasteiger partial charge < -0.3 is 14.8 Å². The molecular weight excluding hydrogens is 294 g/mol. The summed E-state index contributed by atoms with van der Waals surface area (Å²) in [4.78, 5) is 0. The van der Waals surface area contributed by atoms with E-state index in [9.17, 15) is 0 Å². The first-order valence-electron chi connectivity index (χ1n) is 6.25. The molecule has 0 radical (unpaired) electrons. The van der Waals surface area contributed by atoms with Gasteiger partial charge in [0.2, 0.25) is 0 Å². The summed E-state index contributed by atoms with van der Waals surface area (Å²) in [5.74, 6) is 1.56. The van der Waals surface area contributed by atoms with Gasteiger partial charge in [-0.15, -0.1) is 0 Å². The van der Waals surface area contributed by atoms with Gasteiger partial charge in [0.25, 0.3) is 0 Å². The van der Waals surface area contributed by atoms with E-state index >= 15 is 0 Å². The Labute approximate surface area is 118 Å². The lowest BCUT2D eigenvalue weighted by Crippen LogP contribution is -2.19. The molecule has 0 aliphatic rings. The molecule has 1 rings (SSSR count). The van der Waals surface area contributed by atoms with Crippen molar-refractivity contribution in [2.24, 2.45) is 5.92 Å². The highest BCUT2D eigenvalue weighted by molar-refractivity contribution is 9.10. The summed E-state index contributed by atoms with van der Waals surface area (Å²) in [5, 5.41) is 3.43. The van der Waals surface area contributed by atoms with Crippen LogP contribution in [0.3, 0.4) is 0 Å². The monoisotopic (exact) mass is 315 g/mol. The molecule has 0 spiro atoms. The lowest BCUT2D eigenvalue weighted by Gasteiger charge is -2.14. The zero-order chi connectivity index (χ0) is 13.4. The number of methoxy groups -OCH3 is 1. The summed E-state index contributed by atoms with van der Waals surface area (Å²) in [6, 6.07) is 6.11. The van der Waals surface area contributed by atoms with Crippen LogP contribution in [0.4, 0.5) is 0 Å². The van der Waals surface area contributed by atoms with Gasteiger partial charge in [-0.3, -0.25) is 0 Å². The Morgan fingerprint density at radius 3 is 2.72 bits per heavy atom. The van der Waals surface area contributed by atoms with E-state index in [0.717, 1.165) is 23.3 Å². The third kappa shape index (κ3) is 5.38. The second-order valence-electron chi connectivity index (χ2n) is 4.59. The van der Waals surface area contributed by atoms with E-state index in [1.165, 1.54) is 5.56 Å². The highest BCUT2D eigenvalue weighted by Gasteiger charge is 2.08. The number of benzene rings is 1. The average molecular weight is 316 g/mol. The Bertz CT molecular complexity index is 356. The smallest absolute Gasteiger partial charge is 0.138 e. The molecule has 0 fully saturated rings. The third-order valence-electron chi connectivity index (χ3n) is 2.45. The van der Waals surface area contributed by atoms with E-state index in [-0.39, 0.29) is 0 Å². The van der Waals surface area contributed by atoms with E-state index < -0.39 is 0 Å². The summed E-state index contributed by atoms with van der Waals surface area (Å²) < 4.78 is 11.7. The summed E-state index contributed by atoms with van der Waals surface area (Å²) in [6.07, 6.45) is 0. The number of rotatable bonds is 8. The SMILES string of the molecule is COCCOc1c(Br)cccc1CNCC(C)C. The van der Waals surface area contributed by atoms with E-state index in [0.29, 0.717) is 19.1 Å². The number of hydrogen-bond acceptors (Lipinski definition) is 3. The molecular formula is C14H22BrNO2. The van der Waals surface area contributed by atoms with Gasteiger partial charge in [0.05, 0.1) is 11.1 Å². The first-order valence-corrected chi connectivity index (χ1v) is 7.04. The molecule has 0 saturated carbocycles. The molecule has 0 aliphatic heterocycles. The predicted molar refractivity (Wildman–Crippen MR) is 78.1 cm³/mol. The van der Waals surface area contributed by atoms with Crippen molar-refractivity contribution in [1.29, 1.82) is 0 Å². The molecule has 0 aliphatic carbocycles. The van der Waals surface area contributed by atoms with Gasteiger partial charge >= 0.3 is 0 Å². The number of ether oxygens (including phenoxy) is 2. The minimum Gasteiger partial charge on any atom is -0.490 e.